The van der Waals surface area contributed by atoms with Gasteiger partial charge < -0.3 is 10.2 Å². The minimum absolute atomic E-state index is 0.0502. The van der Waals surface area contributed by atoms with Crippen molar-refractivity contribution in [3.63, 3.8) is 0 Å². The van der Waals surface area contributed by atoms with Crippen molar-refractivity contribution in [2.75, 3.05) is 18.4 Å². The van der Waals surface area contributed by atoms with Crippen molar-refractivity contribution in [3.05, 3.63) is 76.4 Å². The number of rotatable bonds is 8. The van der Waals surface area contributed by atoms with E-state index in [0.29, 0.717) is 22.9 Å². The Morgan fingerprint density at radius 3 is 2.29 bits per heavy atom. The molecule has 0 saturated carbocycles. The monoisotopic (exact) mass is 480 g/mol. The Balaban J connectivity index is 1.84. The number of amides is 2. The Morgan fingerprint density at radius 1 is 1.06 bits per heavy atom. The largest absolute Gasteiger partial charge is 0.329 e. The fraction of sp³-hybridized carbons (Fsp3) is 0.370. The maximum atomic E-state index is 13.1. The zero-order valence-corrected chi connectivity index (χ0v) is 21.3. The van der Waals surface area contributed by atoms with Crippen molar-refractivity contribution in [3.8, 4) is 5.69 Å². The van der Waals surface area contributed by atoms with Crippen molar-refractivity contribution in [2.24, 2.45) is 0 Å². The van der Waals surface area contributed by atoms with Gasteiger partial charge >= 0.3 is 0 Å². The smallest absolute Gasteiger partial charge is 0.254 e. The van der Waals surface area contributed by atoms with Gasteiger partial charge in [-0.15, -0.1) is 0 Å². The van der Waals surface area contributed by atoms with Gasteiger partial charge in [0.25, 0.3) is 5.91 Å². The van der Waals surface area contributed by atoms with Gasteiger partial charge in [0.1, 0.15) is 12.4 Å². The summed E-state index contributed by atoms with van der Waals surface area (Å²) in [5.41, 5.74) is 3.19. The van der Waals surface area contributed by atoms with Gasteiger partial charge in [-0.3, -0.25) is 9.59 Å². The highest BCUT2D eigenvalue weighted by atomic mass is 35.5. The van der Waals surface area contributed by atoms with Crippen LogP contribution < -0.4 is 5.32 Å². The van der Waals surface area contributed by atoms with Crippen molar-refractivity contribution in [1.82, 2.24) is 14.7 Å². The standard InChI is InChI=1S/C27H33ClN4O2/c1-6-7-16-31(26(34)20-10-12-21(28)13-11-20)18-25(33)29-24-17-23(27(3,4)5)30-32(24)22-14-8-19(2)9-15-22/h8-15,17H,6-7,16,18H2,1-5H3,(H,29,33). The molecule has 2 aromatic carbocycles. The molecular formula is C27H33ClN4O2. The molecule has 0 unspecified atom stereocenters. The van der Waals surface area contributed by atoms with Crippen LogP contribution in [0.25, 0.3) is 5.69 Å². The van der Waals surface area contributed by atoms with E-state index >= 15 is 0 Å². The van der Waals surface area contributed by atoms with E-state index in [1.54, 1.807) is 33.8 Å². The lowest BCUT2D eigenvalue weighted by Gasteiger charge is -2.22. The van der Waals surface area contributed by atoms with Crippen LogP contribution in [-0.4, -0.2) is 39.6 Å². The molecule has 1 heterocycles. The second kappa shape index (κ2) is 10.9. The van der Waals surface area contributed by atoms with Crippen LogP contribution >= 0.6 is 11.6 Å². The molecule has 180 valence electrons. The van der Waals surface area contributed by atoms with Crippen LogP contribution in [0.15, 0.2) is 54.6 Å². The molecule has 1 N–H and O–H groups in total. The number of carbonyl (C=O) groups excluding carboxylic acids is 2. The van der Waals surface area contributed by atoms with Crippen molar-refractivity contribution >= 4 is 29.2 Å². The maximum absolute atomic E-state index is 13.1. The summed E-state index contributed by atoms with van der Waals surface area (Å²) in [6.07, 6.45) is 1.73. The fourth-order valence-corrected chi connectivity index (χ4v) is 3.58. The molecule has 0 aliphatic rings. The number of anilines is 1. The number of aryl methyl sites for hydroxylation is 1. The molecule has 2 amide bonds. The molecule has 0 spiro atoms. The van der Waals surface area contributed by atoms with E-state index < -0.39 is 0 Å². The Morgan fingerprint density at radius 2 is 1.71 bits per heavy atom. The summed E-state index contributed by atoms with van der Waals surface area (Å²) in [6, 6.07) is 16.6. The topological polar surface area (TPSA) is 67.2 Å². The summed E-state index contributed by atoms with van der Waals surface area (Å²) in [5.74, 6) is 0.114. The highest BCUT2D eigenvalue weighted by Gasteiger charge is 2.23. The highest BCUT2D eigenvalue weighted by molar-refractivity contribution is 6.30. The zero-order valence-electron chi connectivity index (χ0n) is 20.6. The average molecular weight is 481 g/mol. The molecule has 34 heavy (non-hydrogen) atoms. The molecule has 3 aromatic rings. The summed E-state index contributed by atoms with van der Waals surface area (Å²) in [6.45, 7) is 10.8. The van der Waals surface area contributed by atoms with E-state index in [1.807, 2.05) is 37.3 Å². The highest BCUT2D eigenvalue weighted by Crippen LogP contribution is 2.26. The first-order valence-electron chi connectivity index (χ1n) is 11.6. The van der Waals surface area contributed by atoms with Crippen LogP contribution in [-0.2, 0) is 10.2 Å². The summed E-state index contributed by atoms with van der Waals surface area (Å²) < 4.78 is 1.75. The van der Waals surface area contributed by atoms with Gasteiger partial charge in [0.05, 0.1) is 11.4 Å². The minimum atomic E-state index is -0.271. The molecule has 6 nitrogen and oxygen atoms in total. The van der Waals surface area contributed by atoms with Gasteiger partial charge in [-0.25, -0.2) is 4.68 Å². The molecular weight excluding hydrogens is 448 g/mol. The first-order valence-corrected chi connectivity index (χ1v) is 12.0. The second-order valence-electron chi connectivity index (χ2n) is 9.55. The first kappa shape index (κ1) is 25.5. The van der Waals surface area contributed by atoms with Crippen molar-refractivity contribution in [1.29, 1.82) is 0 Å². The van der Waals surface area contributed by atoms with E-state index in [1.165, 1.54) is 0 Å². The quantitative estimate of drug-likeness (QED) is 0.429. The van der Waals surface area contributed by atoms with Gasteiger partial charge in [-0.2, -0.15) is 5.10 Å². The predicted molar refractivity (Wildman–Crippen MR) is 138 cm³/mol. The van der Waals surface area contributed by atoms with E-state index in [2.05, 4.69) is 33.0 Å². The maximum Gasteiger partial charge on any atom is 0.254 e. The summed E-state index contributed by atoms with van der Waals surface area (Å²) in [4.78, 5) is 27.8. The first-order chi connectivity index (χ1) is 16.1. The Hall–Kier alpha value is -3.12. The molecule has 3 rings (SSSR count). The van der Waals surface area contributed by atoms with Crippen molar-refractivity contribution in [2.45, 2.75) is 52.9 Å². The third-order valence-electron chi connectivity index (χ3n) is 5.52. The Bertz CT molecular complexity index is 1130. The van der Waals surface area contributed by atoms with Gasteiger partial charge in [-0.05, 0) is 49.7 Å². The van der Waals surface area contributed by atoms with E-state index in [9.17, 15) is 9.59 Å². The van der Waals surface area contributed by atoms with E-state index in [-0.39, 0.29) is 23.8 Å². The van der Waals surface area contributed by atoms with Crippen LogP contribution in [0.1, 0.15) is 62.2 Å². The summed E-state index contributed by atoms with van der Waals surface area (Å²) in [7, 11) is 0. The normalized spacial score (nSPS) is 11.4. The second-order valence-corrected chi connectivity index (χ2v) is 9.98. The lowest BCUT2D eigenvalue weighted by Crippen LogP contribution is -2.39. The van der Waals surface area contributed by atoms with Gasteiger partial charge in [0.2, 0.25) is 5.91 Å². The number of carbonyl (C=O) groups is 2. The van der Waals surface area contributed by atoms with Crippen LogP contribution in [0, 0.1) is 6.92 Å². The molecule has 0 fully saturated rings. The van der Waals surface area contributed by atoms with Crippen LogP contribution in [0.5, 0.6) is 0 Å². The minimum Gasteiger partial charge on any atom is -0.329 e. The van der Waals surface area contributed by atoms with Crippen LogP contribution in [0.2, 0.25) is 5.02 Å². The molecule has 0 aliphatic carbocycles. The van der Waals surface area contributed by atoms with E-state index in [4.69, 9.17) is 16.7 Å². The van der Waals surface area contributed by atoms with E-state index in [0.717, 1.165) is 29.8 Å². The Labute approximate surface area is 206 Å². The molecule has 7 heteroatoms. The van der Waals surface area contributed by atoms with Crippen LogP contribution in [0.3, 0.4) is 0 Å². The third kappa shape index (κ3) is 6.48. The molecule has 0 saturated heterocycles. The number of aromatic nitrogens is 2. The molecule has 0 atom stereocenters. The summed E-state index contributed by atoms with van der Waals surface area (Å²) >= 11 is 5.96. The fourth-order valence-electron chi connectivity index (χ4n) is 3.45. The number of hydrogen-bond donors (Lipinski definition) is 1. The number of benzene rings is 2. The van der Waals surface area contributed by atoms with Gasteiger partial charge in [-0.1, -0.05) is 63.4 Å². The third-order valence-corrected chi connectivity index (χ3v) is 5.77. The van der Waals surface area contributed by atoms with Crippen molar-refractivity contribution < 1.29 is 9.59 Å². The number of nitrogens with one attached hydrogen (secondary N) is 1. The zero-order chi connectivity index (χ0) is 24.9. The number of unbranched alkanes of at least 4 members (excludes halogenated alkanes) is 1. The lowest BCUT2D eigenvalue weighted by molar-refractivity contribution is -0.117. The average Bonchev–Trinajstić information content (AvgIpc) is 3.21. The number of hydrogen-bond acceptors (Lipinski definition) is 3. The predicted octanol–water partition coefficient (Wildman–Crippen LogP) is 6.01. The molecule has 0 aliphatic heterocycles. The van der Waals surface area contributed by atoms with Crippen LogP contribution in [0.4, 0.5) is 5.82 Å². The summed E-state index contributed by atoms with van der Waals surface area (Å²) in [5, 5.41) is 8.31. The number of nitrogens with zero attached hydrogens (tertiary/aromatic N) is 3. The molecule has 0 bridgehead atoms. The molecule has 1 aromatic heterocycles. The number of halogens is 1. The lowest BCUT2D eigenvalue weighted by atomic mass is 9.92. The molecule has 0 radical (unpaired) electrons. The van der Waals surface area contributed by atoms with Gasteiger partial charge in [0.15, 0.2) is 0 Å². The van der Waals surface area contributed by atoms with Gasteiger partial charge in [0, 0.05) is 28.6 Å². The SMILES string of the molecule is CCCCN(CC(=O)Nc1cc(C(C)(C)C)nn1-c1ccc(C)cc1)C(=O)c1ccc(Cl)cc1. The Kier molecular flexibility index (Phi) is 8.15.